The van der Waals surface area contributed by atoms with E-state index in [4.69, 9.17) is 5.73 Å². The Bertz CT molecular complexity index is 597. The van der Waals surface area contributed by atoms with Crippen LogP contribution in [-0.2, 0) is 10.0 Å². The smallest absolute Gasteiger partial charge is 0.245 e. The molecule has 4 nitrogen and oxygen atoms in total. The van der Waals surface area contributed by atoms with Gasteiger partial charge in [-0.2, -0.15) is 4.31 Å². The monoisotopic (exact) mass is 300 g/mol. The highest BCUT2D eigenvalue weighted by Crippen LogP contribution is 2.39. The zero-order chi connectivity index (χ0) is 15.0. The number of nitrogens with two attached hydrogens (primary N) is 1. The van der Waals surface area contributed by atoms with Gasteiger partial charge in [-0.05, 0) is 42.9 Å². The van der Waals surface area contributed by atoms with Crippen molar-refractivity contribution in [2.24, 2.45) is 5.41 Å². The Morgan fingerprint density at radius 2 is 2.00 bits per heavy atom. The Labute approximate surface area is 119 Å². The largest absolute Gasteiger partial charge is 0.398 e. The topological polar surface area (TPSA) is 63.4 Å². The summed E-state index contributed by atoms with van der Waals surface area (Å²) in [6.07, 6.45) is 2.77. The second-order valence-corrected chi connectivity index (χ2v) is 7.38. The summed E-state index contributed by atoms with van der Waals surface area (Å²) in [6, 6.07) is 3.43. The van der Waals surface area contributed by atoms with Gasteiger partial charge in [0.1, 0.15) is 10.7 Å². The first-order valence-electron chi connectivity index (χ1n) is 6.90. The first-order valence-corrected chi connectivity index (χ1v) is 8.34. The molecule has 1 aliphatic rings. The number of benzene rings is 1. The predicted octanol–water partition coefficient (Wildman–Crippen LogP) is 2.61. The van der Waals surface area contributed by atoms with Crippen molar-refractivity contribution in [3.63, 3.8) is 0 Å². The average molecular weight is 300 g/mol. The van der Waals surface area contributed by atoms with Crippen LogP contribution in [0.4, 0.5) is 10.1 Å². The fraction of sp³-hybridized carbons (Fsp3) is 0.571. The van der Waals surface area contributed by atoms with Crippen LogP contribution in [0.1, 0.15) is 33.1 Å². The number of halogens is 1. The van der Waals surface area contributed by atoms with E-state index in [2.05, 4.69) is 13.8 Å². The van der Waals surface area contributed by atoms with Crippen LogP contribution >= 0.6 is 0 Å². The normalized spacial score (nSPS) is 19.4. The van der Waals surface area contributed by atoms with Crippen LogP contribution in [-0.4, -0.2) is 25.8 Å². The number of sulfonamides is 1. The lowest BCUT2D eigenvalue weighted by Crippen LogP contribution is -2.32. The van der Waals surface area contributed by atoms with Gasteiger partial charge in [0.15, 0.2) is 0 Å². The van der Waals surface area contributed by atoms with Gasteiger partial charge in [-0.1, -0.05) is 13.8 Å². The third-order valence-corrected chi connectivity index (χ3v) is 6.41. The molecule has 0 spiro atoms. The third-order valence-electron chi connectivity index (χ3n) is 4.49. The number of nitrogen functional groups attached to an aromatic ring is 1. The second-order valence-electron chi connectivity index (χ2n) is 5.48. The molecule has 1 fully saturated rings. The summed E-state index contributed by atoms with van der Waals surface area (Å²) in [5.74, 6) is -0.528. The molecule has 0 aliphatic carbocycles. The Hall–Kier alpha value is -1.14. The van der Waals surface area contributed by atoms with Gasteiger partial charge < -0.3 is 5.73 Å². The number of hydrogen-bond donors (Lipinski definition) is 1. The molecule has 0 atom stereocenters. The minimum atomic E-state index is -3.64. The lowest BCUT2D eigenvalue weighted by molar-refractivity contribution is 0.279. The third kappa shape index (κ3) is 2.54. The number of nitrogens with zero attached hydrogens (tertiary/aromatic N) is 1. The van der Waals surface area contributed by atoms with Crippen LogP contribution < -0.4 is 5.73 Å². The van der Waals surface area contributed by atoms with Gasteiger partial charge in [-0.3, -0.25) is 0 Å². The van der Waals surface area contributed by atoms with Crippen LogP contribution in [0, 0.1) is 11.2 Å². The van der Waals surface area contributed by atoms with E-state index in [1.165, 1.54) is 10.4 Å². The Kier molecular flexibility index (Phi) is 4.07. The summed E-state index contributed by atoms with van der Waals surface area (Å²) in [6.45, 7) is 5.19. The number of hydrogen-bond acceptors (Lipinski definition) is 3. The van der Waals surface area contributed by atoms with Gasteiger partial charge in [0.05, 0.1) is 5.69 Å². The zero-order valence-corrected chi connectivity index (χ0v) is 12.7. The van der Waals surface area contributed by atoms with Crippen molar-refractivity contribution in [2.45, 2.75) is 38.0 Å². The fourth-order valence-electron chi connectivity index (χ4n) is 2.82. The van der Waals surface area contributed by atoms with Gasteiger partial charge in [-0.25, -0.2) is 12.8 Å². The maximum Gasteiger partial charge on any atom is 0.245 e. The lowest BCUT2D eigenvalue weighted by atomic mass is 9.82. The molecule has 1 aliphatic heterocycles. The summed E-state index contributed by atoms with van der Waals surface area (Å²) in [7, 11) is -3.64. The van der Waals surface area contributed by atoms with Crippen LogP contribution in [0.2, 0.25) is 0 Å². The quantitative estimate of drug-likeness (QED) is 0.869. The highest BCUT2D eigenvalue weighted by Gasteiger charge is 2.41. The molecule has 0 aromatic heterocycles. The predicted molar refractivity (Wildman–Crippen MR) is 77.2 cm³/mol. The summed E-state index contributed by atoms with van der Waals surface area (Å²) in [5.41, 5.74) is 5.69. The van der Waals surface area contributed by atoms with E-state index >= 15 is 0 Å². The van der Waals surface area contributed by atoms with Crippen molar-refractivity contribution in [1.82, 2.24) is 4.31 Å². The summed E-state index contributed by atoms with van der Waals surface area (Å²) >= 11 is 0. The fourth-order valence-corrected chi connectivity index (χ4v) is 4.47. The highest BCUT2D eigenvalue weighted by molar-refractivity contribution is 7.89. The zero-order valence-electron chi connectivity index (χ0n) is 11.9. The summed E-state index contributed by atoms with van der Waals surface area (Å²) in [4.78, 5) is 0.00176. The molecule has 1 heterocycles. The molecule has 1 aromatic carbocycles. The van der Waals surface area contributed by atoms with E-state index in [1.54, 1.807) is 0 Å². The van der Waals surface area contributed by atoms with Crippen molar-refractivity contribution in [3.05, 3.63) is 24.0 Å². The first kappa shape index (κ1) is 15.3. The van der Waals surface area contributed by atoms with E-state index in [-0.39, 0.29) is 16.0 Å². The van der Waals surface area contributed by atoms with Gasteiger partial charge in [0.2, 0.25) is 10.0 Å². The van der Waals surface area contributed by atoms with Crippen LogP contribution in [0.25, 0.3) is 0 Å². The van der Waals surface area contributed by atoms with E-state index in [1.807, 2.05) is 0 Å². The standard InChI is InChI=1S/C14H21FN2O2S/c1-3-14(4-2)7-8-17(10-14)20(18,19)13-6-5-11(15)9-12(13)16/h5-6,9H,3-4,7-8,10,16H2,1-2H3. The molecule has 112 valence electrons. The molecule has 1 saturated heterocycles. The molecule has 2 N–H and O–H groups in total. The van der Waals surface area contributed by atoms with Crippen molar-refractivity contribution < 1.29 is 12.8 Å². The van der Waals surface area contributed by atoms with E-state index in [0.717, 1.165) is 31.4 Å². The average Bonchev–Trinajstić information content (AvgIpc) is 2.84. The Balaban J connectivity index is 2.33. The first-order chi connectivity index (χ1) is 9.34. The van der Waals surface area contributed by atoms with Crippen molar-refractivity contribution >= 4 is 15.7 Å². The van der Waals surface area contributed by atoms with Crippen LogP contribution in [0.3, 0.4) is 0 Å². The number of rotatable bonds is 4. The van der Waals surface area contributed by atoms with Crippen LogP contribution in [0.5, 0.6) is 0 Å². The SMILES string of the molecule is CCC1(CC)CCN(S(=O)(=O)c2ccc(F)cc2N)C1. The van der Waals surface area contributed by atoms with Crippen molar-refractivity contribution in [2.75, 3.05) is 18.8 Å². The van der Waals surface area contributed by atoms with Gasteiger partial charge in [-0.15, -0.1) is 0 Å². The minimum absolute atomic E-state index is 0.00176. The van der Waals surface area contributed by atoms with Crippen LogP contribution in [0.15, 0.2) is 23.1 Å². The molecule has 0 radical (unpaired) electrons. The Morgan fingerprint density at radius 3 is 2.50 bits per heavy atom. The second kappa shape index (κ2) is 5.33. The molecule has 0 saturated carbocycles. The molecule has 2 rings (SSSR count). The molecule has 20 heavy (non-hydrogen) atoms. The van der Waals surface area contributed by atoms with E-state index in [0.29, 0.717) is 13.1 Å². The maximum atomic E-state index is 13.1. The lowest BCUT2D eigenvalue weighted by Gasteiger charge is -2.26. The molecule has 1 aromatic rings. The maximum absolute atomic E-state index is 13.1. The van der Waals surface area contributed by atoms with Gasteiger partial charge in [0, 0.05) is 13.1 Å². The number of anilines is 1. The molecule has 0 amide bonds. The summed E-state index contributed by atoms with van der Waals surface area (Å²) in [5, 5.41) is 0. The van der Waals surface area contributed by atoms with Crippen molar-refractivity contribution in [1.29, 1.82) is 0 Å². The Morgan fingerprint density at radius 1 is 1.35 bits per heavy atom. The summed E-state index contributed by atoms with van der Waals surface area (Å²) < 4.78 is 39.8. The van der Waals surface area contributed by atoms with E-state index in [9.17, 15) is 12.8 Å². The highest BCUT2D eigenvalue weighted by atomic mass is 32.2. The molecule has 0 unspecified atom stereocenters. The molecular formula is C14H21FN2O2S. The minimum Gasteiger partial charge on any atom is -0.398 e. The van der Waals surface area contributed by atoms with Gasteiger partial charge >= 0.3 is 0 Å². The molecule has 0 bridgehead atoms. The van der Waals surface area contributed by atoms with E-state index < -0.39 is 15.8 Å². The van der Waals surface area contributed by atoms with Crippen molar-refractivity contribution in [3.8, 4) is 0 Å². The molecular weight excluding hydrogens is 279 g/mol. The van der Waals surface area contributed by atoms with Gasteiger partial charge in [0.25, 0.3) is 0 Å². The molecule has 6 heteroatoms.